The molecule has 0 aliphatic carbocycles. The van der Waals surface area contributed by atoms with E-state index in [-0.39, 0.29) is 23.4 Å². The van der Waals surface area contributed by atoms with Crippen molar-refractivity contribution in [3.05, 3.63) is 70.0 Å². The van der Waals surface area contributed by atoms with Crippen LogP contribution in [0.5, 0.6) is 0 Å². The smallest absolute Gasteiger partial charge is 0.274 e. The minimum atomic E-state index is -0.458. The fraction of sp³-hybridized carbons (Fsp3) is 0.318. The number of nitro benzene ring substituents is 1. The molecule has 10 heteroatoms. The highest BCUT2D eigenvalue weighted by Gasteiger charge is 2.26. The zero-order chi connectivity index (χ0) is 23.3. The van der Waals surface area contributed by atoms with Gasteiger partial charge in [0.15, 0.2) is 11.0 Å². The van der Waals surface area contributed by atoms with Crippen molar-refractivity contribution in [1.29, 1.82) is 0 Å². The van der Waals surface area contributed by atoms with Gasteiger partial charge in [0.1, 0.15) is 6.04 Å². The van der Waals surface area contributed by atoms with E-state index >= 15 is 0 Å². The molecule has 0 saturated carbocycles. The van der Waals surface area contributed by atoms with E-state index in [1.807, 2.05) is 34.9 Å². The van der Waals surface area contributed by atoms with E-state index < -0.39 is 4.92 Å². The standard InChI is InChI=1S/C22H26N6O3S/c1-5-18(26(3)4)21-24-25-22(27(21)17-9-7-6-8-10-17)32-14-20(29)23-16-12-11-15(2)19(13-16)28(30)31/h6-13,18H,5,14H2,1-4H3,(H,23,29)/p+1/t18-/m0/s1. The number of carbonyl (C=O) groups is 1. The summed E-state index contributed by atoms with van der Waals surface area (Å²) in [5.74, 6) is 0.663. The molecule has 0 aliphatic rings. The third-order valence-corrected chi connectivity index (χ3v) is 6.04. The van der Waals surface area contributed by atoms with Gasteiger partial charge in [0.2, 0.25) is 5.91 Å². The number of para-hydroxylation sites is 1. The maximum Gasteiger partial charge on any atom is 0.274 e. The molecule has 0 bridgehead atoms. The molecule has 0 aliphatic heterocycles. The van der Waals surface area contributed by atoms with E-state index in [1.54, 1.807) is 19.1 Å². The highest BCUT2D eigenvalue weighted by atomic mass is 32.2. The Balaban J connectivity index is 1.80. The van der Waals surface area contributed by atoms with Crippen LogP contribution in [0.3, 0.4) is 0 Å². The highest BCUT2D eigenvalue weighted by Crippen LogP contribution is 2.26. The fourth-order valence-electron chi connectivity index (χ4n) is 3.48. The van der Waals surface area contributed by atoms with E-state index in [2.05, 4.69) is 36.5 Å². The first kappa shape index (κ1) is 23.4. The molecule has 2 aromatic carbocycles. The van der Waals surface area contributed by atoms with Gasteiger partial charge < -0.3 is 10.2 Å². The van der Waals surface area contributed by atoms with E-state index in [4.69, 9.17) is 0 Å². The van der Waals surface area contributed by atoms with Gasteiger partial charge in [0.05, 0.1) is 24.8 Å². The van der Waals surface area contributed by atoms with Crippen molar-refractivity contribution in [3.8, 4) is 5.69 Å². The number of aryl methyl sites for hydroxylation is 1. The molecular weight excluding hydrogens is 428 g/mol. The van der Waals surface area contributed by atoms with Gasteiger partial charge in [0.25, 0.3) is 5.69 Å². The number of hydrogen-bond donors (Lipinski definition) is 2. The summed E-state index contributed by atoms with van der Waals surface area (Å²) in [6.45, 7) is 3.77. The summed E-state index contributed by atoms with van der Waals surface area (Å²) in [5.41, 5.74) is 1.84. The van der Waals surface area contributed by atoms with Crippen LogP contribution < -0.4 is 10.2 Å². The second kappa shape index (κ2) is 10.4. The lowest BCUT2D eigenvalue weighted by Gasteiger charge is -2.20. The number of amides is 1. The third-order valence-electron chi connectivity index (χ3n) is 5.11. The van der Waals surface area contributed by atoms with E-state index in [0.29, 0.717) is 16.4 Å². The third kappa shape index (κ3) is 5.32. The Labute approximate surface area is 191 Å². The Morgan fingerprint density at radius 3 is 2.56 bits per heavy atom. The average molecular weight is 456 g/mol. The number of rotatable bonds is 9. The van der Waals surface area contributed by atoms with Crippen molar-refractivity contribution in [1.82, 2.24) is 14.8 Å². The van der Waals surface area contributed by atoms with Crippen molar-refractivity contribution < 1.29 is 14.6 Å². The maximum absolute atomic E-state index is 12.5. The molecule has 0 fully saturated rings. The monoisotopic (exact) mass is 455 g/mol. The van der Waals surface area contributed by atoms with Crippen LogP contribution in [-0.2, 0) is 4.79 Å². The Morgan fingerprint density at radius 1 is 1.22 bits per heavy atom. The van der Waals surface area contributed by atoms with E-state index in [1.165, 1.54) is 22.7 Å². The van der Waals surface area contributed by atoms with Gasteiger partial charge in [-0.25, -0.2) is 0 Å². The first-order valence-electron chi connectivity index (χ1n) is 10.3. The molecule has 1 amide bonds. The van der Waals surface area contributed by atoms with Crippen LogP contribution in [-0.4, -0.2) is 45.4 Å². The molecule has 1 atom stereocenters. The summed E-state index contributed by atoms with van der Waals surface area (Å²) in [4.78, 5) is 24.5. The molecule has 9 nitrogen and oxygen atoms in total. The Bertz CT molecular complexity index is 1100. The van der Waals surface area contributed by atoms with Gasteiger partial charge in [-0.2, -0.15) is 0 Å². The molecule has 1 aromatic heterocycles. The van der Waals surface area contributed by atoms with Crippen LogP contribution in [0.4, 0.5) is 11.4 Å². The summed E-state index contributed by atoms with van der Waals surface area (Å²) in [7, 11) is 4.17. The van der Waals surface area contributed by atoms with Crippen molar-refractivity contribution in [2.45, 2.75) is 31.5 Å². The zero-order valence-corrected chi connectivity index (χ0v) is 19.3. The number of hydrogen-bond acceptors (Lipinski definition) is 6. The van der Waals surface area contributed by atoms with Gasteiger partial charge >= 0.3 is 0 Å². The van der Waals surface area contributed by atoms with Gasteiger partial charge in [-0.15, -0.1) is 10.2 Å². The first-order valence-corrected chi connectivity index (χ1v) is 11.3. The number of nitro groups is 1. The lowest BCUT2D eigenvalue weighted by Crippen LogP contribution is -3.06. The van der Waals surface area contributed by atoms with E-state index in [0.717, 1.165) is 17.9 Å². The van der Waals surface area contributed by atoms with Crippen LogP contribution in [0.2, 0.25) is 0 Å². The fourth-order valence-corrected chi connectivity index (χ4v) is 4.24. The topological polar surface area (TPSA) is 107 Å². The van der Waals surface area contributed by atoms with Crippen LogP contribution in [0, 0.1) is 17.0 Å². The molecule has 32 heavy (non-hydrogen) atoms. The second-order valence-electron chi connectivity index (χ2n) is 7.65. The zero-order valence-electron chi connectivity index (χ0n) is 18.5. The molecule has 168 valence electrons. The number of carbonyl (C=O) groups excluding carboxylic acids is 1. The normalized spacial score (nSPS) is 12.0. The highest BCUT2D eigenvalue weighted by molar-refractivity contribution is 7.99. The number of nitrogens with one attached hydrogen (secondary N) is 2. The summed E-state index contributed by atoms with van der Waals surface area (Å²) in [6, 6.07) is 14.6. The van der Waals surface area contributed by atoms with E-state index in [9.17, 15) is 14.9 Å². The number of anilines is 1. The predicted molar refractivity (Wildman–Crippen MR) is 124 cm³/mol. The van der Waals surface area contributed by atoms with Gasteiger partial charge in [-0.1, -0.05) is 43.0 Å². The predicted octanol–water partition coefficient (Wildman–Crippen LogP) is 2.81. The van der Waals surface area contributed by atoms with Gasteiger partial charge in [-0.05, 0) is 25.1 Å². The molecule has 0 spiro atoms. The minimum absolute atomic E-state index is 0.0271. The molecule has 0 radical (unpaired) electrons. The van der Waals surface area contributed by atoms with Crippen LogP contribution in [0.25, 0.3) is 5.69 Å². The largest absolute Gasteiger partial charge is 0.331 e. The number of aromatic nitrogens is 3. The maximum atomic E-state index is 12.5. The molecule has 0 unspecified atom stereocenters. The van der Waals surface area contributed by atoms with Crippen molar-refractivity contribution in [2.24, 2.45) is 0 Å². The van der Waals surface area contributed by atoms with Crippen molar-refractivity contribution in [3.63, 3.8) is 0 Å². The van der Waals surface area contributed by atoms with Crippen molar-refractivity contribution in [2.75, 3.05) is 25.2 Å². The molecule has 2 N–H and O–H groups in total. The number of benzene rings is 2. The minimum Gasteiger partial charge on any atom is -0.331 e. The quantitative estimate of drug-likeness (QED) is 0.292. The number of quaternary nitrogens is 1. The summed E-state index contributed by atoms with van der Waals surface area (Å²) >= 11 is 1.28. The Kier molecular flexibility index (Phi) is 7.60. The summed E-state index contributed by atoms with van der Waals surface area (Å²) < 4.78 is 2.00. The van der Waals surface area contributed by atoms with Gasteiger partial charge in [-0.3, -0.25) is 19.5 Å². The van der Waals surface area contributed by atoms with Crippen molar-refractivity contribution >= 4 is 29.0 Å². The lowest BCUT2D eigenvalue weighted by atomic mass is 10.2. The number of thioether (sulfide) groups is 1. The molecule has 3 aromatic rings. The first-order chi connectivity index (χ1) is 15.3. The summed E-state index contributed by atoms with van der Waals surface area (Å²) in [5, 5.41) is 23.3. The Morgan fingerprint density at radius 2 is 1.94 bits per heavy atom. The summed E-state index contributed by atoms with van der Waals surface area (Å²) in [6.07, 6.45) is 0.894. The Hall–Kier alpha value is -3.24. The molecule has 3 rings (SSSR count). The lowest BCUT2D eigenvalue weighted by molar-refractivity contribution is -0.893. The molecule has 0 saturated heterocycles. The van der Waals surface area contributed by atoms with Crippen LogP contribution in [0.1, 0.15) is 30.8 Å². The number of nitrogens with zero attached hydrogens (tertiary/aromatic N) is 4. The van der Waals surface area contributed by atoms with Crippen LogP contribution >= 0.6 is 11.8 Å². The van der Waals surface area contributed by atoms with Crippen LogP contribution in [0.15, 0.2) is 53.7 Å². The SMILES string of the molecule is CC[C@@H](c1nnc(SCC(=O)Nc2ccc(C)c([N+](=O)[O-])c2)n1-c1ccccc1)[NH+](C)C. The molecular formula is C22H27N6O3S+. The second-order valence-corrected chi connectivity index (χ2v) is 8.59. The molecule has 1 heterocycles. The van der Waals surface area contributed by atoms with Gasteiger partial charge in [0, 0.05) is 29.4 Å². The average Bonchev–Trinajstić information content (AvgIpc) is 3.18.